The highest BCUT2D eigenvalue weighted by Gasteiger charge is 2.36. The third-order valence-corrected chi connectivity index (χ3v) is 6.32. The number of nitrogens with zero attached hydrogens (tertiary/aromatic N) is 2. The van der Waals surface area contributed by atoms with Crippen molar-refractivity contribution >= 4 is 5.96 Å². The molecule has 156 valence electrons. The van der Waals surface area contributed by atoms with E-state index in [0.717, 1.165) is 58.1 Å². The van der Waals surface area contributed by atoms with E-state index in [-0.39, 0.29) is 0 Å². The standard InChI is InChI=1S/C23H38N4O/c1-3-24-22(26-19-23(11-6-12-23)13-17-28-2)25-14-7-15-27-16-10-20-8-4-5-9-21(20)18-27/h4-5,8-9H,3,6-7,10-19H2,1-2H3,(H2,24,25,26). The second-order valence-electron chi connectivity index (χ2n) is 8.37. The van der Waals surface area contributed by atoms with Crippen LogP contribution in [0.15, 0.2) is 29.3 Å². The van der Waals surface area contributed by atoms with Gasteiger partial charge in [-0.15, -0.1) is 0 Å². The molecule has 1 aliphatic carbocycles. The molecule has 0 spiro atoms. The van der Waals surface area contributed by atoms with Crippen LogP contribution in [0.2, 0.25) is 0 Å². The summed E-state index contributed by atoms with van der Waals surface area (Å²) in [6, 6.07) is 8.86. The molecule has 0 saturated heterocycles. The number of methoxy groups -OCH3 is 1. The van der Waals surface area contributed by atoms with Crippen molar-refractivity contribution in [3.63, 3.8) is 0 Å². The van der Waals surface area contributed by atoms with Crippen molar-refractivity contribution < 1.29 is 4.74 Å². The van der Waals surface area contributed by atoms with Gasteiger partial charge in [0.1, 0.15) is 0 Å². The van der Waals surface area contributed by atoms with Crippen LogP contribution in [0.25, 0.3) is 0 Å². The number of nitrogens with one attached hydrogen (secondary N) is 2. The lowest BCUT2D eigenvalue weighted by atomic mass is 9.67. The number of guanidine groups is 1. The molecule has 5 heteroatoms. The number of fused-ring (bicyclic) bond motifs is 1. The maximum atomic E-state index is 5.30. The van der Waals surface area contributed by atoms with E-state index in [9.17, 15) is 0 Å². The summed E-state index contributed by atoms with van der Waals surface area (Å²) >= 11 is 0. The second kappa shape index (κ2) is 10.8. The summed E-state index contributed by atoms with van der Waals surface area (Å²) < 4.78 is 5.30. The van der Waals surface area contributed by atoms with Gasteiger partial charge in [0.05, 0.1) is 0 Å². The number of benzene rings is 1. The minimum absolute atomic E-state index is 0.375. The lowest BCUT2D eigenvalue weighted by Gasteiger charge is -2.40. The number of hydrogen-bond acceptors (Lipinski definition) is 3. The Kier molecular flexibility index (Phi) is 8.16. The molecule has 0 aromatic heterocycles. The molecule has 0 atom stereocenters. The molecule has 1 heterocycles. The molecule has 1 fully saturated rings. The molecule has 0 amide bonds. The first kappa shape index (κ1) is 21.1. The van der Waals surface area contributed by atoms with E-state index >= 15 is 0 Å². The number of aliphatic imine (C=N–C) groups is 1. The largest absolute Gasteiger partial charge is 0.385 e. The van der Waals surface area contributed by atoms with Gasteiger partial charge in [-0.2, -0.15) is 0 Å². The molecule has 2 aliphatic rings. The predicted molar refractivity (Wildman–Crippen MR) is 117 cm³/mol. The summed E-state index contributed by atoms with van der Waals surface area (Å²) in [5, 5.41) is 6.94. The minimum Gasteiger partial charge on any atom is -0.385 e. The summed E-state index contributed by atoms with van der Waals surface area (Å²) in [5.74, 6) is 0.968. The third kappa shape index (κ3) is 5.95. The zero-order chi connectivity index (χ0) is 19.7. The van der Waals surface area contributed by atoms with Crippen molar-refractivity contribution in [1.29, 1.82) is 0 Å². The minimum atomic E-state index is 0.375. The zero-order valence-electron chi connectivity index (χ0n) is 17.8. The Hall–Kier alpha value is -1.59. The van der Waals surface area contributed by atoms with Crippen LogP contribution in [-0.2, 0) is 17.7 Å². The quantitative estimate of drug-likeness (QED) is 0.368. The summed E-state index contributed by atoms with van der Waals surface area (Å²) in [6.45, 7) is 9.16. The SMILES string of the molecule is CCNC(=NCC1(CCOC)CCC1)NCCCN1CCc2ccccc2C1. The molecule has 3 rings (SSSR count). The van der Waals surface area contributed by atoms with Gasteiger partial charge in [-0.3, -0.25) is 9.89 Å². The van der Waals surface area contributed by atoms with Crippen molar-refractivity contribution in [1.82, 2.24) is 15.5 Å². The van der Waals surface area contributed by atoms with Crippen LogP contribution in [0.4, 0.5) is 0 Å². The van der Waals surface area contributed by atoms with Crippen molar-refractivity contribution in [2.24, 2.45) is 10.4 Å². The Labute approximate surface area is 170 Å². The van der Waals surface area contributed by atoms with Gasteiger partial charge >= 0.3 is 0 Å². The van der Waals surface area contributed by atoms with Gasteiger partial charge in [0, 0.05) is 53.0 Å². The van der Waals surface area contributed by atoms with Crippen LogP contribution < -0.4 is 10.6 Å². The number of rotatable bonds is 10. The first-order chi connectivity index (χ1) is 13.7. The monoisotopic (exact) mass is 386 g/mol. The molecule has 1 aromatic carbocycles. The highest BCUT2D eigenvalue weighted by Crippen LogP contribution is 2.44. The maximum Gasteiger partial charge on any atom is 0.191 e. The molecule has 0 bridgehead atoms. The van der Waals surface area contributed by atoms with Crippen LogP contribution in [0.3, 0.4) is 0 Å². The van der Waals surface area contributed by atoms with Crippen molar-refractivity contribution in [2.75, 3.05) is 46.4 Å². The van der Waals surface area contributed by atoms with E-state index in [4.69, 9.17) is 9.73 Å². The van der Waals surface area contributed by atoms with Crippen molar-refractivity contribution in [2.45, 2.75) is 52.0 Å². The van der Waals surface area contributed by atoms with Crippen LogP contribution in [0.5, 0.6) is 0 Å². The predicted octanol–water partition coefficient (Wildman–Crippen LogP) is 3.20. The molecule has 1 saturated carbocycles. The van der Waals surface area contributed by atoms with E-state index in [1.807, 2.05) is 0 Å². The molecule has 2 N–H and O–H groups in total. The van der Waals surface area contributed by atoms with Gasteiger partial charge < -0.3 is 15.4 Å². The van der Waals surface area contributed by atoms with Crippen molar-refractivity contribution in [3.8, 4) is 0 Å². The van der Waals surface area contributed by atoms with Crippen LogP contribution >= 0.6 is 0 Å². The zero-order valence-corrected chi connectivity index (χ0v) is 17.8. The Balaban J connectivity index is 1.40. The first-order valence-electron chi connectivity index (χ1n) is 11.0. The summed E-state index contributed by atoms with van der Waals surface area (Å²) in [7, 11) is 1.79. The Morgan fingerprint density at radius 2 is 2.04 bits per heavy atom. The van der Waals surface area contributed by atoms with E-state index < -0.39 is 0 Å². The van der Waals surface area contributed by atoms with E-state index in [2.05, 4.69) is 46.7 Å². The van der Waals surface area contributed by atoms with Crippen LogP contribution in [0, 0.1) is 5.41 Å². The van der Waals surface area contributed by atoms with E-state index in [0.29, 0.717) is 5.41 Å². The highest BCUT2D eigenvalue weighted by atomic mass is 16.5. The molecular weight excluding hydrogens is 348 g/mol. The Bertz CT molecular complexity index is 627. The fourth-order valence-electron chi connectivity index (χ4n) is 4.33. The van der Waals surface area contributed by atoms with Crippen LogP contribution in [-0.4, -0.2) is 57.3 Å². The van der Waals surface area contributed by atoms with Crippen molar-refractivity contribution in [3.05, 3.63) is 35.4 Å². The van der Waals surface area contributed by atoms with E-state index in [1.54, 1.807) is 7.11 Å². The second-order valence-corrected chi connectivity index (χ2v) is 8.37. The fraction of sp³-hybridized carbons (Fsp3) is 0.696. The molecule has 0 unspecified atom stereocenters. The van der Waals surface area contributed by atoms with Gasteiger partial charge in [-0.25, -0.2) is 0 Å². The Morgan fingerprint density at radius 3 is 2.75 bits per heavy atom. The lowest BCUT2D eigenvalue weighted by Crippen LogP contribution is -2.41. The first-order valence-corrected chi connectivity index (χ1v) is 11.0. The average Bonchev–Trinajstić information content (AvgIpc) is 2.70. The highest BCUT2D eigenvalue weighted by molar-refractivity contribution is 5.79. The Morgan fingerprint density at radius 1 is 1.21 bits per heavy atom. The van der Waals surface area contributed by atoms with Gasteiger partial charge in [0.2, 0.25) is 0 Å². The smallest absolute Gasteiger partial charge is 0.191 e. The van der Waals surface area contributed by atoms with E-state index in [1.165, 1.54) is 43.4 Å². The number of ether oxygens (including phenoxy) is 1. The normalized spacial score (nSPS) is 19.0. The molecule has 1 aliphatic heterocycles. The number of hydrogen-bond donors (Lipinski definition) is 2. The fourth-order valence-corrected chi connectivity index (χ4v) is 4.33. The molecular formula is C23H38N4O. The van der Waals surface area contributed by atoms with Gasteiger partial charge in [0.15, 0.2) is 5.96 Å². The van der Waals surface area contributed by atoms with Crippen LogP contribution in [0.1, 0.15) is 50.2 Å². The summed E-state index contributed by atoms with van der Waals surface area (Å²) in [5.41, 5.74) is 3.40. The lowest BCUT2D eigenvalue weighted by molar-refractivity contribution is 0.0778. The molecule has 0 radical (unpaired) electrons. The van der Waals surface area contributed by atoms with Gasteiger partial charge in [-0.05, 0) is 55.6 Å². The van der Waals surface area contributed by atoms with Gasteiger partial charge in [0.25, 0.3) is 0 Å². The molecule has 28 heavy (non-hydrogen) atoms. The molecule has 5 nitrogen and oxygen atoms in total. The topological polar surface area (TPSA) is 48.9 Å². The van der Waals surface area contributed by atoms with Gasteiger partial charge in [-0.1, -0.05) is 30.7 Å². The third-order valence-electron chi connectivity index (χ3n) is 6.32. The summed E-state index contributed by atoms with van der Waals surface area (Å²) in [4.78, 5) is 7.47. The average molecular weight is 387 g/mol. The summed E-state index contributed by atoms with van der Waals surface area (Å²) in [6.07, 6.45) is 7.36. The maximum absolute atomic E-state index is 5.30. The molecule has 1 aromatic rings.